The first kappa shape index (κ1) is 11.3. The van der Waals surface area contributed by atoms with Gasteiger partial charge in [0.2, 0.25) is 5.79 Å². The molecule has 2 heterocycles. The van der Waals surface area contributed by atoms with Gasteiger partial charge in [-0.05, 0) is 13.8 Å². The van der Waals surface area contributed by atoms with E-state index in [0.717, 1.165) is 0 Å². The Hall–Kier alpha value is -0.240. The van der Waals surface area contributed by atoms with E-state index in [1.165, 1.54) is 0 Å². The lowest BCUT2D eigenvalue weighted by atomic mass is 10.1. The topological polar surface area (TPSA) is 88.4 Å². The summed E-state index contributed by atoms with van der Waals surface area (Å²) in [6.07, 6.45) is -2.54. The summed E-state index contributed by atoms with van der Waals surface area (Å²) in [7, 11) is 0. The van der Waals surface area contributed by atoms with Gasteiger partial charge in [-0.1, -0.05) is 0 Å². The number of aliphatic hydroxyl groups is 3. The van der Waals surface area contributed by atoms with Crippen molar-refractivity contribution in [1.82, 2.24) is 0 Å². The fraction of sp³-hybridized carbons (Fsp3) is 1.00. The smallest absolute Gasteiger partial charge is 0.224 e. The van der Waals surface area contributed by atoms with Crippen molar-refractivity contribution in [2.75, 3.05) is 13.2 Å². The maximum Gasteiger partial charge on any atom is 0.224 e. The van der Waals surface area contributed by atoms with Gasteiger partial charge in [-0.2, -0.15) is 0 Å². The van der Waals surface area contributed by atoms with Crippen molar-refractivity contribution in [2.45, 2.75) is 43.7 Å². The molecule has 0 saturated carbocycles. The Morgan fingerprint density at radius 1 is 1.20 bits per heavy atom. The Morgan fingerprint density at radius 3 is 2.33 bits per heavy atom. The zero-order valence-corrected chi connectivity index (χ0v) is 8.71. The monoisotopic (exact) mass is 220 g/mol. The third kappa shape index (κ3) is 1.57. The van der Waals surface area contributed by atoms with Crippen molar-refractivity contribution in [1.29, 1.82) is 0 Å². The summed E-state index contributed by atoms with van der Waals surface area (Å²) in [6.45, 7) is 2.58. The summed E-state index contributed by atoms with van der Waals surface area (Å²) in [6, 6.07) is 0. The highest BCUT2D eigenvalue weighted by molar-refractivity contribution is 5.02. The van der Waals surface area contributed by atoms with Crippen molar-refractivity contribution < 1.29 is 29.5 Å². The van der Waals surface area contributed by atoms with Gasteiger partial charge in [-0.15, -0.1) is 0 Å². The van der Waals surface area contributed by atoms with E-state index in [1.54, 1.807) is 13.8 Å². The largest absolute Gasteiger partial charge is 0.394 e. The van der Waals surface area contributed by atoms with Crippen LogP contribution in [0.4, 0.5) is 0 Å². The minimum absolute atomic E-state index is 0.341. The van der Waals surface area contributed by atoms with E-state index in [1.807, 2.05) is 0 Å². The van der Waals surface area contributed by atoms with E-state index in [-0.39, 0.29) is 6.61 Å². The summed E-state index contributed by atoms with van der Waals surface area (Å²) in [5.74, 6) is -2.26. The second-order valence-corrected chi connectivity index (χ2v) is 4.34. The van der Waals surface area contributed by atoms with Crippen LogP contribution in [0.5, 0.6) is 0 Å². The molecule has 2 rings (SSSR count). The Bertz CT molecular complexity index is 255. The van der Waals surface area contributed by atoms with Crippen LogP contribution in [0.2, 0.25) is 0 Å². The molecule has 6 nitrogen and oxygen atoms in total. The first-order valence-corrected chi connectivity index (χ1v) is 4.90. The van der Waals surface area contributed by atoms with Crippen molar-refractivity contribution in [3.8, 4) is 0 Å². The van der Waals surface area contributed by atoms with Gasteiger partial charge in [0, 0.05) is 0 Å². The van der Waals surface area contributed by atoms with E-state index in [9.17, 15) is 10.2 Å². The standard InChI is InChI=1S/C9H16O6/c1-8(2)14-7-6(12)5(3-10)13-9(7,4-11)15-8/h5-7,10-12H,3-4H2,1-2H3/t5-,6-,7-,9-/m1/s1. The van der Waals surface area contributed by atoms with Gasteiger partial charge in [0.25, 0.3) is 0 Å². The summed E-state index contributed by atoms with van der Waals surface area (Å²) in [5.41, 5.74) is 0. The molecule has 2 saturated heterocycles. The van der Waals surface area contributed by atoms with Crippen molar-refractivity contribution in [3.63, 3.8) is 0 Å². The number of fused-ring (bicyclic) bond motifs is 1. The highest BCUT2D eigenvalue weighted by Gasteiger charge is 2.64. The molecule has 0 aromatic rings. The maximum absolute atomic E-state index is 9.79. The predicted molar refractivity (Wildman–Crippen MR) is 47.8 cm³/mol. The molecule has 2 aliphatic rings. The highest BCUT2D eigenvalue weighted by Crippen LogP contribution is 2.44. The van der Waals surface area contributed by atoms with Gasteiger partial charge in [0.15, 0.2) is 5.79 Å². The van der Waals surface area contributed by atoms with Crippen LogP contribution < -0.4 is 0 Å². The number of hydrogen-bond acceptors (Lipinski definition) is 6. The average molecular weight is 220 g/mol. The van der Waals surface area contributed by atoms with Gasteiger partial charge in [-0.3, -0.25) is 0 Å². The summed E-state index contributed by atoms with van der Waals surface area (Å²) in [4.78, 5) is 0. The molecule has 0 spiro atoms. The van der Waals surface area contributed by atoms with Crippen LogP contribution in [0.1, 0.15) is 13.8 Å². The normalized spacial score (nSPS) is 48.2. The van der Waals surface area contributed by atoms with E-state index in [2.05, 4.69) is 0 Å². The molecule has 2 fully saturated rings. The molecule has 3 N–H and O–H groups in total. The lowest BCUT2D eigenvalue weighted by Gasteiger charge is -2.26. The molecular weight excluding hydrogens is 204 g/mol. The SMILES string of the molecule is CC1(C)O[C@@H]2[C@H](O)[C@@H](CO)O[C@]2(CO)O1. The molecule has 0 aromatic carbocycles. The van der Waals surface area contributed by atoms with Crippen molar-refractivity contribution >= 4 is 0 Å². The zero-order valence-electron chi connectivity index (χ0n) is 8.71. The second kappa shape index (κ2) is 3.38. The molecule has 88 valence electrons. The summed E-state index contributed by atoms with van der Waals surface area (Å²) < 4.78 is 16.2. The lowest BCUT2D eigenvalue weighted by Crippen LogP contribution is -2.43. The molecule has 0 unspecified atom stereocenters. The molecule has 0 amide bonds. The third-order valence-electron chi connectivity index (χ3n) is 2.71. The second-order valence-electron chi connectivity index (χ2n) is 4.34. The highest BCUT2D eigenvalue weighted by atomic mass is 16.9. The van der Waals surface area contributed by atoms with Crippen LogP contribution in [0.25, 0.3) is 0 Å². The Balaban J connectivity index is 2.24. The van der Waals surface area contributed by atoms with Crippen molar-refractivity contribution in [2.24, 2.45) is 0 Å². The maximum atomic E-state index is 9.79. The number of aliphatic hydroxyl groups excluding tert-OH is 3. The van der Waals surface area contributed by atoms with Crippen LogP contribution in [0.3, 0.4) is 0 Å². The van der Waals surface area contributed by atoms with Crippen molar-refractivity contribution in [3.05, 3.63) is 0 Å². The summed E-state index contributed by atoms with van der Waals surface area (Å²) in [5, 5.41) is 28.0. The van der Waals surface area contributed by atoms with E-state index < -0.39 is 36.5 Å². The summed E-state index contributed by atoms with van der Waals surface area (Å²) >= 11 is 0. The van der Waals surface area contributed by atoms with Crippen LogP contribution in [-0.4, -0.2) is 58.4 Å². The average Bonchev–Trinajstić information content (AvgIpc) is 2.58. The first-order chi connectivity index (χ1) is 6.94. The van der Waals surface area contributed by atoms with E-state index >= 15 is 0 Å². The fourth-order valence-electron chi connectivity index (χ4n) is 2.14. The molecule has 15 heavy (non-hydrogen) atoms. The van der Waals surface area contributed by atoms with Crippen LogP contribution >= 0.6 is 0 Å². The van der Waals surface area contributed by atoms with E-state index in [0.29, 0.717) is 0 Å². The molecule has 0 aliphatic carbocycles. The third-order valence-corrected chi connectivity index (χ3v) is 2.71. The van der Waals surface area contributed by atoms with Gasteiger partial charge in [0.1, 0.15) is 24.9 Å². The van der Waals surface area contributed by atoms with E-state index in [4.69, 9.17) is 19.3 Å². The molecule has 2 aliphatic heterocycles. The fourth-order valence-corrected chi connectivity index (χ4v) is 2.14. The Labute approximate surface area is 87.4 Å². The molecule has 4 atom stereocenters. The van der Waals surface area contributed by atoms with Crippen LogP contribution in [0.15, 0.2) is 0 Å². The molecule has 0 radical (unpaired) electrons. The number of ether oxygens (including phenoxy) is 3. The first-order valence-electron chi connectivity index (χ1n) is 4.90. The van der Waals surface area contributed by atoms with Gasteiger partial charge < -0.3 is 29.5 Å². The van der Waals surface area contributed by atoms with Gasteiger partial charge >= 0.3 is 0 Å². The molecular formula is C9H16O6. The van der Waals surface area contributed by atoms with Gasteiger partial charge in [0.05, 0.1) is 6.61 Å². The molecule has 0 bridgehead atoms. The minimum atomic E-state index is -1.35. The molecule has 6 heteroatoms. The minimum Gasteiger partial charge on any atom is -0.394 e. The molecule has 0 aromatic heterocycles. The zero-order chi connectivity index (χ0) is 11.3. The van der Waals surface area contributed by atoms with Crippen LogP contribution in [-0.2, 0) is 14.2 Å². The quantitative estimate of drug-likeness (QED) is 0.529. The lowest BCUT2D eigenvalue weighted by molar-refractivity contribution is -0.276. The van der Waals surface area contributed by atoms with Gasteiger partial charge in [-0.25, -0.2) is 0 Å². The number of rotatable bonds is 2. The number of hydrogen-bond donors (Lipinski definition) is 3. The Kier molecular flexibility index (Phi) is 2.53. The van der Waals surface area contributed by atoms with Crippen LogP contribution in [0, 0.1) is 0 Å². The Morgan fingerprint density at radius 2 is 1.87 bits per heavy atom. The predicted octanol–water partition coefficient (Wildman–Crippen LogP) is -1.42.